The summed E-state index contributed by atoms with van der Waals surface area (Å²) < 4.78 is 23.2. The molecule has 0 spiro atoms. The molecule has 0 amide bonds. The largest absolute Gasteiger partial charge is 0.493 e. The highest BCUT2D eigenvalue weighted by molar-refractivity contribution is 7.07. The van der Waals surface area contributed by atoms with Gasteiger partial charge in [-0.2, -0.15) is 0 Å². The van der Waals surface area contributed by atoms with Crippen LogP contribution in [-0.2, 0) is 9.53 Å². The minimum Gasteiger partial charge on any atom is -0.493 e. The number of aromatic nitrogens is 1. The zero-order chi connectivity index (χ0) is 22.8. The zero-order valence-corrected chi connectivity index (χ0v) is 18.9. The third-order valence-corrected chi connectivity index (χ3v) is 6.06. The van der Waals surface area contributed by atoms with E-state index < -0.39 is 12.0 Å². The standard InChI is InChI=1S/C23H22N2O6S/c1-5-31-22(27)19-13(2)24-23-25(21(26)18(32-23)10-14-8-9-30-12-14)20(19)15-6-7-16(28-3)17(11-15)29-4/h6-12,20H,5H2,1-4H3. The predicted octanol–water partition coefficient (Wildman–Crippen LogP) is 2.41. The Hall–Kier alpha value is -3.59. The maximum Gasteiger partial charge on any atom is 0.338 e. The Morgan fingerprint density at radius 2 is 2.03 bits per heavy atom. The van der Waals surface area contributed by atoms with Crippen molar-refractivity contribution >= 4 is 23.4 Å². The SMILES string of the molecule is CCOC(=O)C1=C(C)N=c2sc(=Cc3ccoc3)c(=O)n2C1c1ccc(OC)c(OC)c1. The van der Waals surface area contributed by atoms with Gasteiger partial charge in [0, 0.05) is 5.56 Å². The lowest BCUT2D eigenvalue weighted by atomic mass is 9.95. The van der Waals surface area contributed by atoms with E-state index in [-0.39, 0.29) is 12.2 Å². The molecule has 32 heavy (non-hydrogen) atoms. The minimum absolute atomic E-state index is 0.208. The van der Waals surface area contributed by atoms with E-state index in [1.165, 1.54) is 23.0 Å². The number of hydrogen-bond acceptors (Lipinski definition) is 8. The number of rotatable bonds is 6. The Labute approximate surface area is 187 Å². The summed E-state index contributed by atoms with van der Waals surface area (Å²) in [5.74, 6) is 0.517. The van der Waals surface area contributed by atoms with Gasteiger partial charge in [-0.1, -0.05) is 17.4 Å². The average molecular weight is 455 g/mol. The van der Waals surface area contributed by atoms with Crippen molar-refractivity contribution in [3.05, 3.63) is 78.9 Å². The van der Waals surface area contributed by atoms with Gasteiger partial charge in [0.25, 0.3) is 5.56 Å². The highest BCUT2D eigenvalue weighted by Gasteiger charge is 2.33. The van der Waals surface area contributed by atoms with Crippen molar-refractivity contribution in [2.45, 2.75) is 19.9 Å². The number of fused-ring (bicyclic) bond motifs is 1. The lowest BCUT2D eigenvalue weighted by Crippen LogP contribution is -2.39. The Morgan fingerprint density at radius 1 is 1.25 bits per heavy atom. The van der Waals surface area contributed by atoms with Gasteiger partial charge in [0.1, 0.15) is 0 Å². The Bertz CT molecular complexity index is 1360. The number of benzene rings is 1. The summed E-state index contributed by atoms with van der Waals surface area (Å²) in [6.45, 7) is 3.69. The summed E-state index contributed by atoms with van der Waals surface area (Å²) in [6.07, 6.45) is 4.83. The molecule has 9 heteroatoms. The van der Waals surface area contributed by atoms with E-state index in [2.05, 4.69) is 4.99 Å². The van der Waals surface area contributed by atoms with Crippen molar-refractivity contribution in [3.63, 3.8) is 0 Å². The number of carbonyl (C=O) groups excluding carboxylic acids is 1. The second kappa shape index (κ2) is 8.88. The highest BCUT2D eigenvalue weighted by atomic mass is 32.1. The molecule has 3 heterocycles. The lowest BCUT2D eigenvalue weighted by molar-refractivity contribution is -0.139. The van der Waals surface area contributed by atoms with Crippen LogP contribution < -0.4 is 24.4 Å². The molecule has 0 aliphatic carbocycles. The van der Waals surface area contributed by atoms with E-state index in [9.17, 15) is 9.59 Å². The van der Waals surface area contributed by atoms with Gasteiger partial charge in [0.15, 0.2) is 16.3 Å². The fourth-order valence-electron chi connectivity index (χ4n) is 3.64. The van der Waals surface area contributed by atoms with E-state index in [0.717, 1.165) is 5.56 Å². The molecule has 166 valence electrons. The predicted molar refractivity (Wildman–Crippen MR) is 119 cm³/mol. The van der Waals surface area contributed by atoms with Crippen LogP contribution in [0.3, 0.4) is 0 Å². The number of esters is 1. The van der Waals surface area contributed by atoms with Gasteiger partial charge in [-0.3, -0.25) is 9.36 Å². The Balaban J connectivity index is 1.98. The fourth-order valence-corrected chi connectivity index (χ4v) is 4.68. The molecule has 0 fully saturated rings. The summed E-state index contributed by atoms with van der Waals surface area (Å²) in [5, 5.41) is 0. The van der Waals surface area contributed by atoms with Crippen molar-refractivity contribution in [2.24, 2.45) is 4.99 Å². The molecule has 3 aromatic rings. The number of ether oxygens (including phenoxy) is 3. The summed E-state index contributed by atoms with van der Waals surface area (Å²) in [4.78, 5) is 31.4. The average Bonchev–Trinajstić information content (AvgIpc) is 3.40. The molecular weight excluding hydrogens is 432 g/mol. The van der Waals surface area contributed by atoms with Gasteiger partial charge >= 0.3 is 5.97 Å². The van der Waals surface area contributed by atoms with Crippen LogP contribution in [0.5, 0.6) is 11.5 Å². The first kappa shape index (κ1) is 21.6. The summed E-state index contributed by atoms with van der Waals surface area (Å²) >= 11 is 1.25. The Morgan fingerprint density at radius 3 is 2.69 bits per heavy atom. The molecule has 2 aromatic heterocycles. The molecule has 1 aromatic carbocycles. The van der Waals surface area contributed by atoms with E-state index in [4.69, 9.17) is 18.6 Å². The zero-order valence-electron chi connectivity index (χ0n) is 18.1. The highest BCUT2D eigenvalue weighted by Crippen LogP contribution is 2.36. The van der Waals surface area contributed by atoms with Crippen molar-refractivity contribution < 1.29 is 23.4 Å². The molecule has 0 radical (unpaired) electrons. The normalized spacial score (nSPS) is 15.9. The van der Waals surface area contributed by atoms with Gasteiger partial charge in [0.05, 0.1) is 55.2 Å². The number of hydrogen-bond donors (Lipinski definition) is 0. The molecule has 0 N–H and O–H groups in total. The van der Waals surface area contributed by atoms with Gasteiger partial charge in [-0.15, -0.1) is 0 Å². The van der Waals surface area contributed by atoms with Crippen LogP contribution in [-0.4, -0.2) is 31.4 Å². The molecule has 0 bridgehead atoms. The van der Waals surface area contributed by atoms with Gasteiger partial charge < -0.3 is 18.6 Å². The van der Waals surface area contributed by atoms with Crippen LogP contribution in [0, 0.1) is 0 Å². The number of carbonyl (C=O) groups is 1. The molecule has 1 aliphatic rings. The molecule has 0 saturated heterocycles. The summed E-state index contributed by atoms with van der Waals surface area (Å²) in [6, 6.07) is 6.34. The molecule has 8 nitrogen and oxygen atoms in total. The van der Waals surface area contributed by atoms with Crippen molar-refractivity contribution in [3.8, 4) is 11.5 Å². The first-order chi connectivity index (χ1) is 15.5. The van der Waals surface area contributed by atoms with E-state index in [1.807, 2.05) is 0 Å². The molecule has 1 aliphatic heterocycles. The third-order valence-electron chi connectivity index (χ3n) is 5.08. The van der Waals surface area contributed by atoms with Crippen LogP contribution >= 0.6 is 11.3 Å². The topological polar surface area (TPSA) is 92.3 Å². The van der Waals surface area contributed by atoms with Crippen LogP contribution in [0.1, 0.15) is 31.0 Å². The number of thiazole rings is 1. The second-order valence-electron chi connectivity index (χ2n) is 6.97. The summed E-state index contributed by atoms with van der Waals surface area (Å²) in [7, 11) is 3.08. The van der Waals surface area contributed by atoms with Crippen LogP contribution in [0.15, 0.2) is 62.3 Å². The molecular formula is C23H22N2O6S. The van der Waals surface area contributed by atoms with E-state index in [1.54, 1.807) is 63.8 Å². The molecule has 1 unspecified atom stereocenters. The second-order valence-corrected chi connectivity index (χ2v) is 7.98. The summed E-state index contributed by atoms with van der Waals surface area (Å²) in [5.41, 5.74) is 1.99. The van der Waals surface area contributed by atoms with Crippen LogP contribution in [0.25, 0.3) is 6.08 Å². The van der Waals surface area contributed by atoms with Gasteiger partial charge in [-0.25, -0.2) is 9.79 Å². The molecule has 1 atom stereocenters. The smallest absolute Gasteiger partial charge is 0.338 e. The van der Waals surface area contributed by atoms with Gasteiger partial charge in [-0.05, 0) is 43.7 Å². The Kier molecular flexibility index (Phi) is 6.00. The van der Waals surface area contributed by atoms with Crippen molar-refractivity contribution in [2.75, 3.05) is 20.8 Å². The maximum atomic E-state index is 13.5. The first-order valence-corrected chi connectivity index (χ1v) is 10.7. The maximum absolute atomic E-state index is 13.5. The van der Waals surface area contributed by atoms with Crippen molar-refractivity contribution in [1.82, 2.24) is 4.57 Å². The van der Waals surface area contributed by atoms with E-state index in [0.29, 0.717) is 37.7 Å². The first-order valence-electron chi connectivity index (χ1n) is 9.92. The van der Waals surface area contributed by atoms with Crippen molar-refractivity contribution in [1.29, 1.82) is 0 Å². The number of methoxy groups -OCH3 is 2. The number of nitrogens with zero attached hydrogens (tertiary/aromatic N) is 2. The monoisotopic (exact) mass is 454 g/mol. The van der Waals surface area contributed by atoms with Crippen LogP contribution in [0.2, 0.25) is 0 Å². The third kappa shape index (κ3) is 3.75. The lowest BCUT2D eigenvalue weighted by Gasteiger charge is -2.25. The van der Waals surface area contributed by atoms with E-state index >= 15 is 0 Å². The fraction of sp³-hybridized carbons (Fsp3) is 0.261. The van der Waals surface area contributed by atoms with Crippen LogP contribution in [0.4, 0.5) is 0 Å². The van der Waals surface area contributed by atoms with Gasteiger partial charge in [0.2, 0.25) is 0 Å². The number of furan rings is 1. The molecule has 0 saturated carbocycles. The molecule has 4 rings (SSSR count). The number of allylic oxidation sites excluding steroid dienone is 1. The quantitative estimate of drug-likeness (QED) is 0.531. The minimum atomic E-state index is -0.725.